The molecule has 1 aliphatic rings. The minimum Gasteiger partial charge on any atom is -0.404 e. The van der Waals surface area contributed by atoms with Crippen molar-refractivity contribution in [3.8, 4) is 5.75 Å². The maximum Gasteiger partial charge on any atom is 0.524 e. The van der Waals surface area contributed by atoms with Gasteiger partial charge in [0.15, 0.2) is 0 Å². The van der Waals surface area contributed by atoms with E-state index in [0.717, 1.165) is 11.1 Å². The summed E-state index contributed by atoms with van der Waals surface area (Å²) in [4.78, 5) is 32.4. The third kappa shape index (κ3) is 4.96. The predicted octanol–water partition coefficient (Wildman–Crippen LogP) is 2.44. The van der Waals surface area contributed by atoms with Crippen LogP contribution >= 0.6 is 7.82 Å². The summed E-state index contributed by atoms with van der Waals surface area (Å²) in [5.74, 6) is 0.114. The van der Waals surface area contributed by atoms with Crippen LogP contribution in [-0.2, 0) is 22.3 Å². The molecule has 0 aliphatic carbocycles. The van der Waals surface area contributed by atoms with Gasteiger partial charge in [0.05, 0.1) is 11.7 Å². The minimum absolute atomic E-state index is 0.0272. The lowest BCUT2D eigenvalue weighted by Gasteiger charge is -2.31. The lowest BCUT2D eigenvalue weighted by atomic mass is 10.1. The second-order valence-electron chi connectivity index (χ2n) is 7.10. The lowest BCUT2D eigenvalue weighted by Crippen LogP contribution is -2.46. The van der Waals surface area contributed by atoms with Gasteiger partial charge < -0.3 is 9.42 Å². The van der Waals surface area contributed by atoms with E-state index in [9.17, 15) is 9.36 Å². The van der Waals surface area contributed by atoms with E-state index in [4.69, 9.17) is 9.79 Å². The van der Waals surface area contributed by atoms with E-state index in [1.807, 2.05) is 49.1 Å². The Bertz CT molecular complexity index is 848. The van der Waals surface area contributed by atoms with Crippen LogP contribution in [0.25, 0.3) is 0 Å². The number of carbonyl (C=O) groups excluding carboxylic acids is 1. The normalized spacial score (nSPS) is 19.3. The first-order chi connectivity index (χ1) is 12.6. The molecule has 3 N–H and O–H groups in total. The van der Waals surface area contributed by atoms with E-state index in [1.165, 1.54) is 12.1 Å². The van der Waals surface area contributed by atoms with Gasteiger partial charge in [-0.15, -0.1) is 0 Å². The van der Waals surface area contributed by atoms with Gasteiger partial charge in [-0.3, -0.25) is 19.9 Å². The topological polar surface area (TPSA) is 99.1 Å². The van der Waals surface area contributed by atoms with Crippen molar-refractivity contribution in [1.82, 2.24) is 10.2 Å². The summed E-state index contributed by atoms with van der Waals surface area (Å²) in [6.45, 7) is 4.49. The number of benzene rings is 2. The SMILES string of the molecule is CC1(C)N[C@@H](Cc2ccc(OP(=O)(O)O)cc2)C(=O)N1Cc1ccccc1. The van der Waals surface area contributed by atoms with Crippen LogP contribution in [0.2, 0.25) is 0 Å². The zero-order chi connectivity index (χ0) is 19.7. The van der Waals surface area contributed by atoms with Gasteiger partial charge in [-0.25, -0.2) is 4.57 Å². The van der Waals surface area contributed by atoms with Crippen LogP contribution in [-0.4, -0.2) is 32.3 Å². The summed E-state index contributed by atoms with van der Waals surface area (Å²) in [7, 11) is -4.57. The number of hydrogen-bond acceptors (Lipinski definition) is 4. The average Bonchev–Trinajstić information content (AvgIpc) is 2.79. The Morgan fingerprint density at radius 3 is 2.30 bits per heavy atom. The van der Waals surface area contributed by atoms with Gasteiger partial charge in [-0.1, -0.05) is 42.5 Å². The first-order valence-corrected chi connectivity index (χ1v) is 10.1. The first kappa shape index (κ1) is 19.6. The smallest absolute Gasteiger partial charge is 0.404 e. The fourth-order valence-electron chi connectivity index (χ4n) is 3.27. The monoisotopic (exact) mass is 390 g/mol. The minimum atomic E-state index is -4.57. The third-order valence-corrected chi connectivity index (χ3v) is 4.99. The molecule has 7 nitrogen and oxygen atoms in total. The molecule has 0 spiro atoms. The van der Waals surface area contributed by atoms with Crippen molar-refractivity contribution in [3.63, 3.8) is 0 Å². The van der Waals surface area contributed by atoms with Gasteiger partial charge in [0.2, 0.25) is 5.91 Å². The fraction of sp³-hybridized carbons (Fsp3) is 0.316. The number of amides is 1. The Labute approximate surface area is 158 Å². The van der Waals surface area contributed by atoms with Crippen LogP contribution in [0.15, 0.2) is 54.6 Å². The van der Waals surface area contributed by atoms with E-state index in [2.05, 4.69) is 9.84 Å². The van der Waals surface area contributed by atoms with Crippen molar-refractivity contribution in [1.29, 1.82) is 0 Å². The number of phosphoric acid groups is 1. The largest absolute Gasteiger partial charge is 0.524 e. The molecular formula is C19H23N2O5P. The van der Waals surface area contributed by atoms with Crippen LogP contribution in [0.5, 0.6) is 5.75 Å². The van der Waals surface area contributed by atoms with Gasteiger partial charge in [-0.05, 0) is 43.5 Å². The molecule has 144 valence electrons. The van der Waals surface area contributed by atoms with E-state index in [0.29, 0.717) is 13.0 Å². The zero-order valence-corrected chi connectivity index (χ0v) is 16.1. The highest BCUT2D eigenvalue weighted by atomic mass is 31.2. The molecule has 0 aromatic heterocycles. The van der Waals surface area contributed by atoms with Gasteiger partial charge >= 0.3 is 7.82 Å². The maximum atomic E-state index is 12.9. The fourth-order valence-corrected chi connectivity index (χ4v) is 3.67. The number of nitrogens with zero attached hydrogens (tertiary/aromatic N) is 1. The summed E-state index contributed by atoms with van der Waals surface area (Å²) in [6, 6.07) is 15.9. The van der Waals surface area contributed by atoms with Crippen molar-refractivity contribution in [2.75, 3.05) is 0 Å². The van der Waals surface area contributed by atoms with E-state index >= 15 is 0 Å². The summed E-state index contributed by atoms with van der Waals surface area (Å²) in [5.41, 5.74) is 1.47. The van der Waals surface area contributed by atoms with Crippen LogP contribution in [0.1, 0.15) is 25.0 Å². The lowest BCUT2D eigenvalue weighted by molar-refractivity contribution is -0.132. The molecule has 0 saturated carbocycles. The van der Waals surface area contributed by atoms with Crippen LogP contribution < -0.4 is 9.84 Å². The maximum absolute atomic E-state index is 12.9. The van der Waals surface area contributed by atoms with Crippen LogP contribution in [0.4, 0.5) is 0 Å². The molecule has 1 fully saturated rings. The standard InChI is InChI=1S/C19H23N2O5P/c1-19(2)20-17(18(22)21(19)13-15-6-4-3-5-7-15)12-14-8-10-16(11-9-14)26-27(23,24)25/h3-11,17,20H,12-13H2,1-2H3,(H2,23,24,25)/t17-/m0/s1. The van der Waals surface area contributed by atoms with Gasteiger partial charge in [0.1, 0.15) is 5.75 Å². The molecule has 0 radical (unpaired) electrons. The summed E-state index contributed by atoms with van der Waals surface area (Å²) >= 11 is 0. The highest BCUT2D eigenvalue weighted by Crippen LogP contribution is 2.37. The second kappa shape index (κ2) is 7.44. The first-order valence-electron chi connectivity index (χ1n) is 8.61. The van der Waals surface area contributed by atoms with Crippen molar-refractivity contribution in [3.05, 3.63) is 65.7 Å². The van der Waals surface area contributed by atoms with Crippen LogP contribution in [0.3, 0.4) is 0 Å². The molecule has 1 heterocycles. The Morgan fingerprint density at radius 2 is 1.70 bits per heavy atom. The third-order valence-electron chi connectivity index (χ3n) is 4.54. The van der Waals surface area contributed by atoms with E-state index < -0.39 is 13.5 Å². The number of carbonyl (C=O) groups is 1. The Balaban J connectivity index is 1.69. The van der Waals surface area contributed by atoms with Crippen molar-refractivity contribution >= 4 is 13.7 Å². The van der Waals surface area contributed by atoms with Crippen LogP contribution in [0, 0.1) is 0 Å². The Morgan fingerprint density at radius 1 is 1.07 bits per heavy atom. The molecule has 1 amide bonds. The van der Waals surface area contributed by atoms with Gasteiger partial charge in [-0.2, -0.15) is 0 Å². The Kier molecular flexibility index (Phi) is 5.40. The number of hydrogen-bond donors (Lipinski definition) is 3. The van der Waals surface area contributed by atoms with E-state index in [1.54, 1.807) is 12.1 Å². The molecule has 2 aromatic carbocycles. The molecular weight excluding hydrogens is 367 g/mol. The number of phosphoric ester groups is 1. The number of nitrogens with one attached hydrogen (secondary N) is 1. The Hall–Kier alpha value is -2.18. The molecule has 1 atom stereocenters. The van der Waals surface area contributed by atoms with E-state index in [-0.39, 0.29) is 17.7 Å². The number of rotatable bonds is 6. The highest BCUT2D eigenvalue weighted by molar-refractivity contribution is 7.46. The summed E-state index contributed by atoms with van der Waals surface area (Å²) in [5, 5.41) is 3.37. The molecule has 27 heavy (non-hydrogen) atoms. The molecule has 2 aromatic rings. The van der Waals surface area contributed by atoms with Crippen molar-refractivity contribution < 1.29 is 23.7 Å². The van der Waals surface area contributed by atoms with Gasteiger partial charge in [0, 0.05) is 6.54 Å². The predicted molar refractivity (Wildman–Crippen MR) is 101 cm³/mol. The van der Waals surface area contributed by atoms with Crippen molar-refractivity contribution in [2.45, 2.75) is 38.5 Å². The van der Waals surface area contributed by atoms with Gasteiger partial charge in [0.25, 0.3) is 0 Å². The average molecular weight is 390 g/mol. The highest BCUT2D eigenvalue weighted by Gasteiger charge is 2.43. The quantitative estimate of drug-likeness (QED) is 0.656. The molecule has 0 unspecified atom stereocenters. The zero-order valence-electron chi connectivity index (χ0n) is 15.2. The molecule has 3 rings (SSSR count). The van der Waals surface area contributed by atoms with Crippen molar-refractivity contribution in [2.24, 2.45) is 0 Å². The summed E-state index contributed by atoms with van der Waals surface area (Å²) in [6.07, 6.45) is 0.476. The molecule has 1 aliphatic heterocycles. The summed E-state index contributed by atoms with van der Waals surface area (Å²) < 4.78 is 15.4. The molecule has 8 heteroatoms. The molecule has 0 bridgehead atoms. The molecule has 1 saturated heterocycles. The second-order valence-corrected chi connectivity index (χ2v) is 8.26.